The van der Waals surface area contributed by atoms with Gasteiger partial charge in [-0.1, -0.05) is 75.8 Å². The number of carbonyl (C=O) groups excluding carboxylic acids is 2. The number of unbranched alkanes of at least 4 members (excludes halogenated alkanes) is 3. The normalized spacial score (nSPS) is 19.0. The summed E-state index contributed by atoms with van der Waals surface area (Å²) in [6, 6.07) is 14.9. The molecule has 0 N–H and O–H groups in total. The van der Waals surface area contributed by atoms with Gasteiger partial charge in [0.15, 0.2) is 0 Å². The summed E-state index contributed by atoms with van der Waals surface area (Å²) < 4.78 is 11.5. The standard InChI is InChI=1S/C30H40N2O4/c1-3-4-5-11-20-36-26-18-16-23(17-19-26)29-30(34)31(25-13-7-6-8-14-25)22-28(33)32(29)21-24-12-9-10-15-27(24)35-2/h9-10,12,15-19,25,29H,3-8,11,13-14,20-22H2,1-2H3/t29-/m1/s1. The van der Waals surface area contributed by atoms with E-state index in [1.54, 1.807) is 12.0 Å². The maximum atomic E-state index is 14.0. The molecule has 1 aliphatic heterocycles. The van der Waals surface area contributed by atoms with Crippen LogP contribution in [0.5, 0.6) is 11.5 Å². The van der Waals surface area contributed by atoms with Gasteiger partial charge in [0, 0.05) is 11.6 Å². The van der Waals surface area contributed by atoms with Gasteiger partial charge in [-0.2, -0.15) is 0 Å². The molecule has 2 fully saturated rings. The number of amides is 2. The SMILES string of the molecule is CCCCCCOc1ccc([C@@H]2C(=O)N(C3CCCCC3)CC(=O)N2Cc2ccccc2OC)cc1. The molecule has 4 rings (SSSR count). The van der Waals surface area contributed by atoms with Crippen LogP contribution in [0.2, 0.25) is 0 Å². The van der Waals surface area contributed by atoms with Crippen LogP contribution in [0.3, 0.4) is 0 Å². The lowest BCUT2D eigenvalue weighted by Gasteiger charge is -2.44. The molecule has 2 aromatic carbocycles. The average Bonchev–Trinajstić information content (AvgIpc) is 2.92. The van der Waals surface area contributed by atoms with Gasteiger partial charge in [-0.3, -0.25) is 9.59 Å². The first kappa shape index (κ1) is 26.1. The highest BCUT2D eigenvalue weighted by atomic mass is 16.5. The quantitative estimate of drug-likeness (QED) is 0.367. The Labute approximate surface area is 215 Å². The zero-order chi connectivity index (χ0) is 25.3. The van der Waals surface area contributed by atoms with E-state index in [-0.39, 0.29) is 24.4 Å². The zero-order valence-corrected chi connectivity index (χ0v) is 21.8. The van der Waals surface area contributed by atoms with Gasteiger partial charge in [0.2, 0.25) is 5.91 Å². The summed E-state index contributed by atoms with van der Waals surface area (Å²) >= 11 is 0. The van der Waals surface area contributed by atoms with Crippen molar-refractivity contribution in [2.24, 2.45) is 0 Å². The summed E-state index contributed by atoms with van der Waals surface area (Å²) in [5.74, 6) is 1.51. The lowest BCUT2D eigenvalue weighted by atomic mass is 9.91. The molecule has 2 aromatic rings. The van der Waals surface area contributed by atoms with E-state index in [1.165, 1.54) is 25.7 Å². The molecule has 1 saturated carbocycles. The number of methoxy groups -OCH3 is 1. The molecular weight excluding hydrogens is 452 g/mol. The van der Waals surface area contributed by atoms with E-state index < -0.39 is 6.04 Å². The number of hydrogen-bond donors (Lipinski definition) is 0. The molecule has 194 valence electrons. The minimum Gasteiger partial charge on any atom is -0.496 e. The highest BCUT2D eigenvalue weighted by Gasteiger charge is 2.43. The second-order valence-corrected chi connectivity index (χ2v) is 9.97. The van der Waals surface area contributed by atoms with Crippen molar-refractivity contribution < 1.29 is 19.1 Å². The number of rotatable bonds is 11. The molecule has 0 bridgehead atoms. The molecule has 6 heteroatoms. The van der Waals surface area contributed by atoms with Gasteiger partial charge in [0.05, 0.1) is 20.3 Å². The Morgan fingerprint density at radius 3 is 2.39 bits per heavy atom. The summed E-state index contributed by atoms with van der Waals surface area (Å²) in [6.45, 7) is 3.36. The summed E-state index contributed by atoms with van der Waals surface area (Å²) in [7, 11) is 1.63. The second-order valence-electron chi connectivity index (χ2n) is 9.97. The fraction of sp³-hybridized carbons (Fsp3) is 0.533. The van der Waals surface area contributed by atoms with Gasteiger partial charge < -0.3 is 19.3 Å². The zero-order valence-electron chi connectivity index (χ0n) is 21.8. The van der Waals surface area contributed by atoms with E-state index >= 15 is 0 Å². The average molecular weight is 493 g/mol. The summed E-state index contributed by atoms with van der Waals surface area (Å²) in [6.07, 6.45) is 10.0. The van der Waals surface area contributed by atoms with Crippen molar-refractivity contribution in [3.8, 4) is 11.5 Å². The molecule has 36 heavy (non-hydrogen) atoms. The smallest absolute Gasteiger partial charge is 0.250 e. The van der Waals surface area contributed by atoms with Crippen LogP contribution >= 0.6 is 0 Å². The Kier molecular flexibility index (Phi) is 9.26. The van der Waals surface area contributed by atoms with Crippen LogP contribution in [-0.2, 0) is 16.1 Å². The fourth-order valence-electron chi connectivity index (χ4n) is 5.43. The molecule has 0 spiro atoms. The first-order valence-corrected chi connectivity index (χ1v) is 13.6. The molecule has 1 heterocycles. The predicted octanol–water partition coefficient (Wildman–Crippen LogP) is 5.90. The van der Waals surface area contributed by atoms with E-state index in [0.717, 1.165) is 54.7 Å². The summed E-state index contributed by atoms with van der Waals surface area (Å²) in [5.41, 5.74) is 1.71. The van der Waals surface area contributed by atoms with Crippen molar-refractivity contribution in [1.29, 1.82) is 0 Å². The van der Waals surface area contributed by atoms with Crippen molar-refractivity contribution in [1.82, 2.24) is 9.80 Å². The monoisotopic (exact) mass is 492 g/mol. The second kappa shape index (κ2) is 12.8. The lowest BCUT2D eigenvalue weighted by Crippen LogP contribution is -2.58. The van der Waals surface area contributed by atoms with E-state index in [1.807, 2.05) is 53.4 Å². The van der Waals surface area contributed by atoms with Crippen LogP contribution in [0.4, 0.5) is 0 Å². The van der Waals surface area contributed by atoms with Crippen molar-refractivity contribution in [3.05, 3.63) is 59.7 Å². The van der Waals surface area contributed by atoms with Crippen LogP contribution in [0, 0.1) is 0 Å². The summed E-state index contributed by atoms with van der Waals surface area (Å²) in [4.78, 5) is 31.1. The first-order chi connectivity index (χ1) is 17.6. The molecule has 1 saturated heterocycles. The highest BCUT2D eigenvalue weighted by Crippen LogP contribution is 2.35. The van der Waals surface area contributed by atoms with Crippen LogP contribution in [0.15, 0.2) is 48.5 Å². The Hall–Kier alpha value is -3.02. The fourth-order valence-corrected chi connectivity index (χ4v) is 5.43. The van der Waals surface area contributed by atoms with E-state index in [9.17, 15) is 9.59 Å². The third-order valence-corrected chi connectivity index (χ3v) is 7.47. The van der Waals surface area contributed by atoms with E-state index in [2.05, 4.69) is 6.92 Å². The minimum absolute atomic E-state index is 0.0182. The summed E-state index contributed by atoms with van der Waals surface area (Å²) in [5, 5.41) is 0. The van der Waals surface area contributed by atoms with Crippen LogP contribution < -0.4 is 9.47 Å². The Balaban J connectivity index is 1.57. The Bertz CT molecular complexity index is 1000. The number of benzene rings is 2. The van der Waals surface area contributed by atoms with Gasteiger partial charge in [-0.15, -0.1) is 0 Å². The van der Waals surface area contributed by atoms with E-state index in [0.29, 0.717) is 13.2 Å². The third-order valence-electron chi connectivity index (χ3n) is 7.47. The third kappa shape index (κ3) is 6.21. The van der Waals surface area contributed by atoms with Crippen molar-refractivity contribution in [3.63, 3.8) is 0 Å². The number of nitrogens with zero attached hydrogens (tertiary/aromatic N) is 2. The molecule has 2 aliphatic rings. The van der Waals surface area contributed by atoms with Gasteiger partial charge in [0.25, 0.3) is 5.91 Å². The van der Waals surface area contributed by atoms with Crippen molar-refractivity contribution >= 4 is 11.8 Å². The number of hydrogen-bond acceptors (Lipinski definition) is 4. The molecule has 2 amide bonds. The molecule has 6 nitrogen and oxygen atoms in total. The molecule has 1 aliphatic carbocycles. The minimum atomic E-state index is -0.656. The topological polar surface area (TPSA) is 59.1 Å². The van der Waals surface area contributed by atoms with Gasteiger partial charge >= 0.3 is 0 Å². The number of para-hydroxylation sites is 1. The highest BCUT2D eigenvalue weighted by molar-refractivity contribution is 5.95. The molecule has 0 unspecified atom stereocenters. The van der Waals surface area contributed by atoms with Crippen molar-refractivity contribution in [2.45, 2.75) is 83.3 Å². The maximum absolute atomic E-state index is 14.0. The molecule has 0 radical (unpaired) electrons. The number of piperazine rings is 1. The number of carbonyl (C=O) groups is 2. The Morgan fingerprint density at radius 1 is 0.917 bits per heavy atom. The number of ether oxygens (including phenoxy) is 2. The van der Waals surface area contributed by atoms with Crippen LogP contribution in [-0.4, -0.2) is 47.9 Å². The van der Waals surface area contributed by atoms with Crippen LogP contribution in [0.1, 0.15) is 81.9 Å². The predicted molar refractivity (Wildman–Crippen MR) is 141 cm³/mol. The van der Waals surface area contributed by atoms with E-state index in [4.69, 9.17) is 9.47 Å². The lowest BCUT2D eigenvalue weighted by molar-refractivity contribution is -0.160. The Morgan fingerprint density at radius 2 is 1.67 bits per heavy atom. The molecule has 1 atom stereocenters. The molecular formula is C30H40N2O4. The van der Waals surface area contributed by atoms with Gasteiger partial charge in [-0.25, -0.2) is 0 Å². The maximum Gasteiger partial charge on any atom is 0.250 e. The van der Waals surface area contributed by atoms with Crippen LogP contribution in [0.25, 0.3) is 0 Å². The van der Waals surface area contributed by atoms with Gasteiger partial charge in [0.1, 0.15) is 24.1 Å². The van der Waals surface area contributed by atoms with Gasteiger partial charge in [-0.05, 0) is 43.0 Å². The first-order valence-electron chi connectivity index (χ1n) is 13.6. The largest absolute Gasteiger partial charge is 0.496 e. The van der Waals surface area contributed by atoms with Crippen molar-refractivity contribution in [2.75, 3.05) is 20.3 Å². The molecule has 0 aromatic heterocycles.